The quantitative estimate of drug-likeness (QED) is 0.321. The van der Waals surface area contributed by atoms with Crippen LogP contribution in [0.3, 0.4) is 0 Å². The number of pyridine rings is 1. The molecule has 4 heterocycles. The van der Waals surface area contributed by atoms with Crippen molar-refractivity contribution >= 4 is 11.0 Å². The number of H-pyrrole nitrogens is 1. The van der Waals surface area contributed by atoms with Gasteiger partial charge >= 0.3 is 0 Å². The van der Waals surface area contributed by atoms with Crippen LogP contribution in [0.2, 0.25) is 0 Å². The van der Waals surface area contributed by atoms with Crippen molar-refractivity contribution in [1.29, 1.82) is 0 Å². The molecule has 8 heteroatoms. The van der Waals surface area contributed by atoms with Crippen LogP contribution < -0.4 is 0 Å². The molecule has 0 aliphatic carbocycles. The van der Waals surface area contributed by atoms with Crippen molar-refractivity contribution in [1.82, 2.24) is 29.9 Å². The summed E-state index contributed by atoms with van der Waals surface area (Å²) in [6.45, 7) is 4.42. The number of benzene rings is 2. The molecule has 6 rings (SSSR count). The molecular weight excluding hydrogens is 464 g/mol. The summed E-state index contributed by atoms with van der Waals surface area (Å²) >= 11 is 0. The number of nitrogens with one attached hydrogen (secondary N) is 1. The van der Waals surface area contributed by atoms with Crippen molar-refractivity contribution in [3.63, 3.8) is 0 Å². The second kappa shape index (κ2) is 9.54. The van der Waals surface area contributed by atoms with Crippen LogP contribution in [0.25, 0.3) is 33.7 Å². The molecule has 0 amide bonds. The Morgan fingerprint density at radius 2 is 1.81 bits per heavy atom. The molecule has 0 spiro atoms. The number of imidazole rings is 1. The third-order valence-corrected chi connectivity index (χ3v) is 6.81. The Balaban J connectivity index is 1.45. The molecule has 2 aromatic carbocycles. The van der Waals surface area contributed by atoms with Gasteiger partial charge in [-0.25, -0.2) is 4.98 Å². The van der Waals surface area contributed by atoms with Crippen LogP contribution in [0.5, 0.6) is 0 Å². The van der Waals surface area contributed by atoms with Gasteiger partial charge in [0.2, 0.25) is 6.79 Å². The molecule has 5 aromatic rings. The van der Waals surface area contributed by atoms with Crippen LogP contribution in [-0.2, 0) is 22.9 Å². The summed E-state index contributed by atoms with van der Waals surface area (Å²) in [6, 6.07) is 22.5. The van der Waals surface area contributed by atoms with Crippen LogP contribution in [0.1, 0.15) is 29.9 Å². The summed E-state index contributed by atoms with van der Waals surface area (Å²) in [4.78, 5) is 15.2. The number of aryl methyl sites for hydroxylation is 2. The Morgan fingerprint density at radius 1 is 0.973 bits per heavy atom. The Hall–Kier alpha value is -4.46. The highest BCUT2D eigenvalue weighted by atomic mass is 16.7. The number of nitrogens with zero attached hydrogens (tertiary/aromatic N) is 5. The van der Waals surface area contributed by atoms with E-state index in [4.69, 9.17) is 19.4 Å². The molecule has 0 bridgehead atoms. The van der Waals surface area contributed by atoms with Crippen LogP contribution >= 0.6 is 0 Å². The Kier molecular flexibility index (Phi) is 5.92. The molecule has 0 saturated heterocycles. The van der Waals surface area contributed by atoms with Gasteiger partial charge in [-0.3, -0.25) is 4.98 Å². The number of fused-ring (bicyclic) bond motifs is 1. The molecule has 3 aromatic heterocycles. The highest BCUT2D eigenvalue weighted by molar-refractivity contribution is 5.84. The maximum absolute atomic E-state index is 5.87. The largest absolute Gasteiger partial charge is 0.462 e. The SMILES string of the molecule is Cc1cccc(-c2[nH]c(C(C)C(Cc3ccccc3)C3=COCO3)nc2-c2ccc3nn(C)nc3c2)n1. The normalized spacial score (nSPS) is 14.7. The Labute approximate surface area is 215 Å². The van der Waals surface area contributed by atoms with Gasteiger partial charge in [0.25, 0.3) is 0 Å². The van der Waals surface area contributed by atoms with Crippen LogP contribution in [0.4, 0.5) is 0 Å². The zero-order valence-electron chi connectivity index (χ0n) is 21.0. The van der Waals surface area contributed by atoms with Crippen molar-refractivity contribution in [2.75, 3.05) is 6.79 Å². The first-order chi connectivity index (χ1) is 18.0. The van der Waals surface area contributed by atoms with Gasteiger partial charge in [-0.1, -0.05) is 49.4 Å². The van der Waals surface area contributed by atoms with E-state index >= 15 is 0 Å². The lowest BCUT2D eigenvalue weighted by atomic mass is 9.86. The monoisotopic (exact) mass is 492 g/mol. The lowest BCUT2D eigenvalue weighted by Crippen LogP contribution is -2.17. The number of hydrogen-bond donors (Lipinski definition) is 1. The first-order valence-electron chi connectivity index (χ1n) is 12.4. The van der Waals surface area contributed by atoms with E-state index in [2.05, 4.69) is 46.4 Å². The summed E-state index contributed by atoms with van der Waals surface area (Å²) in [5, 5.41) is 8.91. The summed E-state index contributed by atoms with van der Waals surface area (Å²) < 4.78 is 11.3. The molecule has 1 aliphatic heterocycles. The maximum atomic E-state index is 5.87. The standard InChI is InChI=1S/C29H28N6O2/c1-18-8-7-11-24(30-18)28-27(21-12-13-23-25(15-21)34-35(3)33-23)31-29(32-28)19(2)22(26-16-36-17-37-26)14-20-9-5-4-6-10-20/h4-13,15-16,19,22H,14,17H2,1-3H3,(H,31,32). The van der Waals surface area contributed by atoms with Crippen molar-refractivity contribution in [3.05, 3.63) is 95.8 Å². The minimum absolute atomic E-state index is 0.0192. The summed E-state index contributed by atoms with van der Waals surface area (Å²) in [7, 11) is 1.83. The fourth-order valence-electron chi connectivity index (χ4n) is 4.88. The van der Waals surface area contributed by atoms with Gasteiger partial charge in [0.05, 0.1) is 17.1 Å². The third-order valence-electron chi connectivity index (χ3n) is 6.81. The highest BCUT2D eigenvalue weighted by Gasteiger charge is 2.30. The molecule has 0 saturated carbocycles. The third kappa shape index (κ3) is 4.58. The maximum Gasteiger partial charge on any atom is 0.229 e. The zero-order valence-corrected chi connectivity index (χ0v) is 21.0. The van der Waals surface area contributed by atoms with Gasteiger partial charge in [0, 0.05) is 30.1 Å². The molecule has 2 unspecified atom stereocenters. The molecule has 1 N–H and O–H groups in total. The van der Waals surface area contributed by atoms with Crippen molar-refractivity contribution in [3.8, 4) is 22.6 Å². The van der Waals surface area contributed by atoms with Gasteiger partial charge in [0.1, 0.15) is 28.9 Å². The van der Waals surface area contributed by atoms with Crippen LogP contribution in [-0.4, -0.2) is 36.7 Å². The van der Waals surface area contributed by atoms with E-state index in [0.717, 1.165) is 57.4 Å². The number of allylic oxidation sites excluding steroid dienone is 1. The number of aromatic nitrogens is 6. The molecule has 0 radical (unpaired) electrons. The fraction of sp³-hybridized carbons (Fsp3) is 0.241. The smallest absolute Gasteiger partial charge is 0.229 e. The summed E-state index contributed by atoms with van der Waals surface area (Å²) in [5.74, 6) is 1.77. The molecule has 37 heavy (non-hydrogen) atoms. The molecule has 2 atom stereocenters. The van der Waals surface area contributed by atoms with Crippen LogP contribution in [0.15, 0.2) is 78.8 Å². The van der Waals surface area contributed by atoms with Crippen LogP contribution in [0, 0.1) is 12.8 Å². The second-order valence-corrected chi connectivity index (χ2v) is 9.44. The highest BCUT2D eigenvalue weighted by Crippen LogP contribution is 2.38. The van der Waals surface area contributed by atoms with Crippen molar-refractivity contribution in [2.24, 2.45) is 13.0 Å². The van der Waals surface area contributed by atoms with E-state index in [1.165, 1.54) is 5.56 Å². The van der Waals surface area contributed by atoms with E-state index in [1.54, 1.807) is 11.1 Å². The van der Waals surface area contributed by atoms with E-state index in [0.29, 0.717) is 0 Å². The van der Waals surface area contributed by atoms with Crippen molar-refractivity contribution in [2.45, 2.75) is 26.2 Å². The predicted octanol–water partition coefficient (Wildman–Crippen LogP) is 5.54. The molecule has 186 valence electrons. The first kappa shape index (κ1) is 23.0. The average molecular weight is 493 g/mol. The van der Waals surface area contributed by atoms with Gasteiger partial charge in [0.15, 0.2) is 0 Å². The van der Waals surface area contributed by atoms with E-state index < -0.39 is 0 Å². The number of rotatable bonds is 7. The minimum Gasteiger partial charge on any atom is -0.462 e. The minimum atomic E-state index is 0.0192. The van der Waals surface area contributed by atoms with Gasteiger partial charge in [-0.05, 0) is 43.2 Å². The average Bonchev–Trinajstić information content (AvgIpc) is 3.66. The summed E-state index contributed by atoms with van der Waals surface area (Å²) in [6.07, 6.45) is 2.54. The Bertz CT molecular complexity index is 1590. The predicted molar refractivity (Wildman–Crippen MR) is 141 cm³/mol. The summed E-state index contributed by atoms with van der Waals surface area (Å²) in [5.41, 5.74) is 7.37. The molecule has 0 fully saturated rings. The second-order valence-electron chi connectivity index (χ2n) is 9.44. The topological polar surface area (TPSA) is 90.7 Å². The van der Waals surface area contributed by atoms with Crippen molar-refractivity contribution < 1.29 is 9.47 Å². The lowest BCUT2D eigenvalue weighted by molar-refractivity contribution is 0.0682. The molecule has 8 nitrogen and oxygen atoms in total. The van der Waals surface area contributed by atoms with E-state index in [1.807, 2.05) is 56.4 Å². The van der Waals surface area contributed by atoms with Gasteiger partial charge in [-0.15, -0.1) is 0 Å². The lowest BCUT2D eigenvalue weighted by Gasteiger charge is -2.22. The number of aromatic amines is 1. The van der Waals surface area contributed by atoms with Gasteiger partial charge < -0.3 is 14.5 Å². The fourth-order valence-corrected chi connectivity index (χ4v) is 4.88. The zero-order chi connectivity index (χ0) is 25.4. The van der Waals surface area contributed by atoms with Gasteiger partial charge in [-0.2, -0.15) is 15.0 Å². The number of hydrogen-bond acceptors (Lipinski definition) is 6. The Morgan fingerprint density at radius 3 is 2.59 bits per heavy atom. The molecule has 1 aliphatic rings. The van der Waals surface area contributed by atoms with E-state index in [-0.39, 0.29) is 18.6 Å². The molecular formula is C29H28N6O2. The van der Waals surface area contributed by atoms with E-state index in [9.17, 15) is 0 Å². The first-order valence-corrected chi connectivity index (χ1v) is 12.4. The number of ether oxygens (including phenoxy) is 2.